The van der Waals surface area contributed by atoms with Crippen molar-refractivity contribution in [3.05, 3.63) is 46.1 Å². The Morgan fingerprint density at radius 3 is 2.84 bits per heavy atom. The van der Waals surface area contributed by atoms with Crippen LogP contribution >= 0.6 is 11.3 Å². The van der Waals surface area contributed by atoms with Gasteiger partial charge in [-0.05, 0) is 18.2 Å². The van der Waals surface area contributed by atoms with Crippen molar-refractivity contribution in [2.24, 2.45) is 0 Å². The van der Waals surface area contributed by atoms with Gasteiger partial charge in [0.25, 0.3) is 0 Å². The lowest BCUT2D eigenvalue weighted by molar-refractivity contribution is -0.380. The van der Waals surface area contributed by atoms with Crippen molar-refractivity contribution >= 4 is 22.0 Å². The molecule has 0 amide bonds. The number of thiophene rings is 1. The third-order valence-electron chi connectivity index (χ3n) is 2.52. The molecule has 3 aromatic heterocycles. The lowest BCUT2D eigenvalue weighted by Crippen LogP contribution is -1.89. The molecule has 8 heteroatoms. The molecule has 7 nitrogen and oxygen atoms in total. The fraction of sp³-hybridized carbons (Fsp3) is 0. The number of pyridine rings is 1. The van der Waals surface area contributed by atoms with E-state index in [1.807, 2.05) is 6.07 Å². The van der Waals surface area contributed by atoms with Crippen molar-refractivity contribution in [3.63, 3.8) is 0 Å². The van der Waals surface area contributed by atoms with Gasteiger partial charge in [0, 0.05) is 12.3 Å². The monoisotopic (exact) mass is 271 g/mol. The van der Waals surface area contributed by atoms with E-state index in [-0.39, 0.29) is 5.00 Å². The highest BCUT2D eigenvalue weighted by Gasteiger charge is 2.15. The third-order valence-corrected chi connectivity index (χ3v) is 3.56. The van der Waals surface area contributed by atoms with E-state index in [0.29, 0.717) is 21.9 Å². The molecule has 0 aliphatic carbocycles. The summed E-state index contributed by atoms with van der Waals surface area (Å²) in [5, 5.41) is 27.6. The van der Waals surface area contributed by atoms with Gasteiger partial charge in [-0.15, -0.1) is 10.2 Å². The summed E-state index contributed by atoms with van der Waals surface area (Å²) in [6.07, 6.45) is 1.61. The Morgan fingerprint density at radius 1 is 1.32 bits per heavy atom. The zero-order valence-electron chi connectivity index (χ0n) is 9.35. The van der Waals surface area contributed by atoms with Crippen molar-refractivity contribution in [1.82, 2.24) is 14.6 Å². The molecule has 0 bridgehead atoms. The van der Waals surface area contributed by atoms with E-state index in [9.17, 15) is 10.1 Å². The van der Waals surface area contributed by atoms with Crippen molar-refractivity contribution < 1.29 is 4.92 Å². The molecule has 0 saturated heterocycles. The number of nitro groups is 1. The summed E-state index contributed by atoms with van der Waals surface area (Å²) in [7, 11) is 0. The second kappa shape index (κ2) is 4.15. The van der Waals surface area contributed by atoms with Crippen LogP contribution in [0, 0.1) is 21.4 Å². The number of rotatable bonds is 2. The van der Waals surface area contributed by atoms with Crippen LogP contribution in [0.2, 0.25) is 0 Å². The topological polar surface area (TPSA) is 97.1 Å². The van der Waals surface area contributed by atoms with E-state index >= 15 is 0 Å². The molecule has 3 aromatic rings. The molecular weight excluding hydrogens is 266 g/mol. The molecule has 0 aliphatic heterocycles. The summed E-state index contributed by atoms with van der Waals surface area (Å²) >= 11 is 1.02. The van der Waals surface area contributed by atoms with Crippen LogP contribution in [-0.4, -0.2) is 19.5 Å². The van der Waals surface area contributed by atoms with Gasteiger partial charge in [-0.3, -0.25) is 14.5 Å². The lowest BCUT2D eigenvalue weighted by atomic mass is 10.3. The molecule has 3 heterocycles. The van der Waals surface area contributed by atoms with E-state index in [0.717, 1.165) is 11.3 Å². The number of hydrogen-bond acceptors (Lipinski definition) is 6. The molecule has 3 rings (SSSR count). The maximum absolute atomic E-state index is 10.7. The Bertz CT molecular complexity index is 829. The second-order valence-corrected chi connectivity index (χ2v) is 4.74. The molecule has 19 heavy (non-hydrogen) atoms. The van der Waals surface area contributed by atoms with Crippen molar-refractivity contribution in [3.8, 4) is 16.8 Å². The van der Waals surface area contributed by atoms with Gasteiger partial charge in [0.15, 0.2) is 11.5 Å². The molecule has 0 saturated carbocycles. The van der Waals surface area contributed by atoms with Crippen LogP contribution in [0.15, 0.2) is 30.5 Å². The number of fused-ring (bicyclic) bond motifs is 1. The van der Waals surface area contributed by atoms with Crippen molar-refractivity contribution in [2.75, 3.05) is 0 Å². The number of aromatic nitrogens is 3. The normalized spacial score (nSPS) is 10.5. The zero-order valence-corrected chi connectivity index (χ0v) is 10.2. The van der Waals surface area contributed by atoms with Crippen LogP contribution in [0.3, 0.4) is 0 Å². The Hall–Kier alpha value is -2.79. The molecule has 0 aromatic carbocycles. The van der Waals surface area contributed by atoms with Crippen LogP contribution in [-0.2, 0) is 0 Å². The minimum Gasteiger partial charge on any atom is -0.280 e. The predicted octanol–water partition coefficient (Wildman–Crippen LogP) is 2.24. The van der Waals surface area contributed by atoms with Crippen molar-refractivity contribution in [1.29, 1.82) is 5.26 Å². The molecule has 0 N–H and O–H groups in total. The molecule has 0 unspecified atom stereocenters. The minimum absolute atomic E-state index is 0.0446. The lowest BCUT2D eigenvalue weighted by Gasteiger charge is -1.96. The summed E-state index contributed by atoms with van der Waals surface area (Å²) in [6.45, 7) is 0. The van der Waals surface area contributed by atoms with E-state index in [2.05, 4.69) is 10.2 Å². The quantitative estimate of drug-likeness (QED) is 0.526. The average molecular weight is 271 g/mol. The largest absolute Gasteiger partial charge is 0.324 e. The molecule has 92 valence electrons. The second-order valence-electron chi connectivity index (χ2n) is 3.68. The average Bonchev–Trinajstić information content (AvgIpc) is 3.03. The van der Waals surface area contributed by atoms with Crippen LogP contribution in [0.25, 0.3) is 16.3 Å². The Morgan fingerprint density at radius 2 is 2.16 bits per heavy atom. The van der Waals surface area contributed by atoms with Gasteiger partial charge in [0.2, 0.25) is 0 Å². The van der Waals surface area contributed by atoms with Gasteiger partial charge in [0.05, 0.1) is 15.4 Å². The van der Waals surface area contributed by atoms with E-state index in [1.54, 1.807) is 28.8 Å². The number of nitriles is 1. The summed E-state index contributed by atoms with van der Waals surface area (Å²) < 4.78 is 1.65. The first-order valence-electron chi connectivity index (χ1n) is 5.18. The van der Waals surface area contributed by atoms with Crippen LogP contribution in [0.4, 0.5) is 5.00 Å². The standard InChI is InChI=1S/C11H5N5O2S/c12-5-7-1-3-9-13-14-11(15(9)6-7)8-2-4-10(19-8)16(17)18/h1-4,6H. The van der Waals surface area contributed by atoms with Crippen LogP contribution in [0.5, 0.6) is 0 Å². The Labute approximate surface area is 110 Å². The summed E-state index contributed by atoms with van der Waals surface area (Å²) in [4.78, 5) is 10.9. The fourth-order valence-electron chi connectivity index (χ4n) is 1.67. The molecular formula is C11H5N5O2S. The summed E-state index contributed by atoms with van der Waals surface area (Å²) in [6, 6.07) is 8.40. The highest BCUT2D eigenvalue weighted by Crippen LogP contribution is 2.31. The van der Waals surface area contributed by atoms with E-state index < -0.39 is 4.92 Å². The van der Waals surface area contributed by atoms with Crippen LogP contribution < -0.4 is 0 Å². The third kappa shape index (κ3) is 1.82. The first-order valence-corrected chi connectivity index (χ1v) is 6.00. The zero-order chi connectivity index (χ0) is 13.4. The molecule has 0 radical (unpaired) electrons. The SMILES string of the molecule is N#Cc1ccc2nnc(-c3ccc([N+](=O)[O-])s3)n2c1. The van der Waals surface area contributed by atoms with Gasteiger partial charge >= 0.3 is 5.00 Å². The van der Waals surface area contributed by atoms with Crippen LogP contribution in [0.1, 0.15) is 5.56 Å². The number of nitrogens with zero attached hydrogens (tertiary/aromatic N) is 5. The summed E-state index contributed by atoms with van der Waals surface area (Å²) in [5.74, 6) is 0.491. The van der Waals surface area contributed by atoms with Crippen molar-refractivity contribution in [2.45, 2.75) is 0 Å². The van der Waals surface area contributed by atoms with Gasteiger partial charge < -0.3 is 0 Å². The van der Waals surface area contributed by atoms with Gasteiger partial charge in [-0.25, -0.2) is 0 Å². The highest BCUT2D eigenvalue weighted by molar-refractivity contribution is 7.18. The first-order chi connectivity index (χ1) is 9.19. The summed E-state index contributed by atoms with van der Waals surface area (Å²) in [5.41, 5.74) is 1.06. The fourth-order valence-corrected chi connectivity index (χ4v) is 2.47. The maximum Gasteiger partial charge on any atom is 0.324 e. The Kier molecular flexibility index (Phi) is 2.47. The smallest absolute Gasteiger partial charge is 0.280 e. The molecule has 0 spiro atoms. The van der Waals surface area contributed by atoms with E-state index in [1.165, 1.54) is 6.07 Å². The molecule has 0 atom stereocenters. The van der Waals surface area contributed by atoms with Gasteiger partial charge in [-0.2, -0.15) is 5.26 Å². The Balaban J connectivity index is 2.19. The molecule has 0 aliphatic rings. The van der Waals surface area contributed by atoms with Gasteiger partial charge in [0.1, 0.15) is 6.07 Å². The number of hydrogen-bond donors (Lipinski definition) is 0. The highest BCUT2D eigenvalue weighted by atomic mass is 32.1. The van der Waals surface area contributed by atoms with E-state index in [4.69, 9.17) is 5.26 Å². The minimum atomic E-state index is -0.446. The van der Waals surface area contributed by atoms with Gasteiger partial charge in [-0.1, -0.05) is 11.3 Å². The maximum atomic E-state index is 10.7. The molecule has 0 fully saturated rings. The predicted molar refractivity (Wildman–Crippen MR) is 67.7 cm³/mol. The first kappa shape index (κ1) is 11.3.